The van der Waals surface area contributed by atoms with Gasteiger partial charge in [0.15, 0.2) is 11.2 Å². The molecule has 2 aliphatic heterocycles. The van der Waals surface area contributed by atoms with Gasteiger partial charge in [-0.05, 0) is 18.9 Å². The molecule has 2 atom stereocenters. The molecule has 0 aromatic heterocycles. The van der Waals surface area contributed by atoms with Crippen LogP contribution < -0.4 is 17.0 Å². The summed E-state index contributed by atoms with van der Waals surface area (Å²) in [6.07, 6.45) is 5.11. The lowest BCUT2D eigenvalue weighted by Gasteiger charge is -2.01. The molecular formula is C13H17BrOS. The zero-order valence-electron chi connectivity index (χ0n) is 9.54. The van der Waals surface area contributed by atoms with Crippen LogP contribution in [0.15, 0.2) is 24.3 Å². The van der Waals surface area contributed by atoms with Crippen LogP contribution in [0.3, 0.4) is 0 Å². The van der Waals surface area contributed by atoms with Gasteiger partial charge in [-0.25, -0.2) is 0 Å². The third-order valence-electron chi connectivity index (χ3n) is 3.44. The van der Waals surface area contributed by atoms with Crippen LogP contribution in [-0.4, -0.2) is 10.7 Å². The highest BCUT2D eigenvalue weighted by Crippen LogP contribution is 2.53. The molecule has 1 aromatic rings. The Balaban J connectivity index is 0.000000963. The Labute approximate surface area is 111 Å². The molecule has 0 spiro atoms. The van der Waals surface area contributed by atoms with E-state index < -0.39 is 0 Å². The van der Waals surface area contributed by atoms with Crippen LogP contribution in [-0.2, 0) is 21.8 Å². The van der Waals surface area contributed by atoms with Gasteiger partial charge in [0.25, 0.3) is 0 Å². The summed E-state index contributed by atoms with van der Waals surface area (Å²) in [5, 5.41) is 0. The summed E-state index contributed by atoms with van der Waals surface area (Å²) < 4.78 is 5.81. The largest absolute Gasteiger partial charge is 1.00 e. The molecule has 2 aliphatic rings. The maximum absolute atomic E-state index is 5.81. The van der Waals surface area contributed by atoms with Crippen molar-refractivity contribution >= 4 is 11.2 Å². The minimum Gasteiger partial charge on any atom is -1.00 e. The molecular weight excluding hydrogens is 284 g/mol. The molecule has 1 aromatic carbocycles. The molecule has 3 rings (SSSR count). The number of fused-ring (bicyclic) bond motifs is 1. The lowest BCUT2D eigenvalue weighted by molar-refractivity contribution is -0.00000410. The van der Waals surface area contributed by atoms with Gasteiger partial charge in [-0.15, -0.1) is 4.18 Å². The van der Waals surface area contributed by atoms with Crippen molar-refractivity contribution in [3.05, 3.63) is 35.4 Å². The average molecular weight is 301 g/mol. The molecule has 2 heterocycles. The van der Waals surface area contributed by atoms with E-state index in [1.54, 1.807) is 0 Å². The summed E-state index contributed by atoms with van der Waals surface area (Å²) in [6.45, 7) is 2.14. The van der Waals surface area contributed by atoms with Gasteiger partial charge in [0.05, 0.1) is 0 Å². The normalized spacial score (nSPS) is 30.7. The van der Waals surface area contributed by atoms with Crippen molar-refractivity contribution in [2.75, 3.05) is 5.75 Å². The van der Waals surface area contributed by atoms with Gasteiger partial charge in [0.2, 0.25) is 0 Å². The van der Waals surface area contributed by atoms with E-state index in [0.717, 1.165) is 0 Å². The summed E-state index contributed by atoms with van der Waals surface area (Å²) in [7, 11) is 0. The molecule has 2 fully saturated rings. The predicted octanol–water partition coefficient (Wildman–Crippen LogP) is -0.0148. The Bertz CT molecular complexity index is 365. The second-order valence-electron chi connectivity index (χ2n) is 4.63. The van der Waals surface area contributed by atoms with E-state index in [4.69, 9.17) is 4.18 Å². The van der Waals surface area contributed by atoms with Gasteiger partial charge in [0.1, 0.15) is 5.75 Å². The molecule has 0 N–H and O–H groups in total. The molecule has 0 amide bonds. The fourth-order valence-corrected chi connectivity index (χ4v) is 4.60. The van der Waals surface area contributed by atoms with Crippen LogP contribution in [0.25, 0.3) is 0 Å². The Kier molecular flexibility index (Phi) is 3.67. The Morgan fingerprint density at radius 2 is 2.06 bits per heavy atom. The first-order valence-corrected chi connectivity index (χ1v) is 7.06. The smallest absolute Gasteiger partial charge is 0.308 e. The molecule has 1 nitrogen and oxygen atoms in total. The maximum atomic E-state index is 5.81. The van der Waals surface area contributed by atoms with E-state index in [1.165, 1.54) is 42.6 Å². The van der Waals surface area contributed by atoms with Gasteiger partial charge in [-0.2, -0.15) is 0 Å². The van der Waals surface area contributed by atoms with Crippen molar-refractivity contribution in [3.8, 4) is 0 Å². The molecule has 0 bridgehead atoms. The van der Waals surface area contributed by atoms with Crippen LogP contribution in [0.5, 0.6) is 0 Å². The monoisotopic (exact) mass is 300 g/mol. The maximum Gasteiger partial charge on any atom is 0.308 e. The van der Waals surface area contributed by atoms with Gasteiger partial charge < -0.3 is 17.0 Å². The Hall–Kier alpha value is 0.01000. The zero-order valence-corrected chi connectivity index (χ0v) is 11.9. The highest BCUT2D eigenvalue weighted by molar-refractivity contribution is 7.99. The van der Waals surface area contributed by atoms with Crippen molar-refractivity contribution in [1.29, 1.82) is 0 Å². The minimum absolute atomic E-state index is 0. The number of benzene rings is 1. The summed E-state index contributed by atoms with van der Waals surface area (Å²) in [5.41, 5.74) is 2.81. The van der Waals surface area contributed by atoms with E-state index in [-0.39, 0.29) is 17.0 Å². The zero-order chi connectivity index (χ0) is 10.3. The quantitative estimate of drug-likeness (QED) is 0.565. The number of rotatable bonds is 3. The Morgan fingerprint density at radius 3 is 2.62 bits per heavy atom. The average Bonchev–Trinajstić information content (AvgIpc) is 2.80. The molecule has 0 radical (unpaired) electrons. The SMILES string of the molecule is Cc1ccc(CCC23CCC[S+]2O3)cc1.[Br-]. The van der Waals surface area contributed by atoms with Crippen LogP contribution in [0.1, 0.15) is 30.4 Å². The molecule has 16 heavy (non-hydrogen) atoms. The molecule has 3 heteroatoms. The fraction of sp³-hybridized carbons (Fsp3) is 0.538. The summed E-state index contributed by atoms with van der Waals surface area (Å²) in [4.78, 5) is 0.338. The van der Waals surface area contributed by atoms with E-state index >= 15 is 0 Å². The fourth-order valence-electron chi connectivity index (χ4n) is 2.39. The first-order chi connectivity index (χ1) is 7.28. The number of halogens is 1. The van der Waals surface area contributed by atoms with E-state index in [1.807, 2.05) is 0 Å². The molecule has 88 valence electrons. The van der Waals surface area contributed by atoms with Crippen LogP contribution in [0.2, 0.25) is 0 Å². The van der Waals surface area contributed by atoms with Crippen molar-refractivity contribution in [2.45, 2.75) is 37.5 Å². The second kappa shape index (κ2) is 4.71. The van der Waals surface area contributed by atoms with Gasteiger partial charge in [-0.1, -0.05) is 29.8 Å². The third kappa shape index (κ3) is 2.31. The summed E-state index contributed by atoms with van der Waals surface area (Å²) in [6, 6.07) is 8.91. The van der Waals surface area contributed by atoms with Crippen molar-refractivity contribution in [3.63, 3.8) is 0 Å². The predicted molar refractivity (Wildman–Crippen MR) is 64.8 cm³/mol. The van der Waals surface area contributed by atoms with Crippen molar-refractivity contribution in [1.82, 2.24) is 0 Å². The molecule has 0 saturated carbocycles. The second-order valence-corrected chi connectivity index (χ2v) is 6.64. The Morgan fingerprint density at radius 1 is 1.31 bits per heavy atom. The number of hydrogen-bond acceptors (Lipinski definition) is 1. The summed E-state index contributed by atoms with van der Waals surface area (Å²) >= 11 is 0.357. The van der Waals surface area contributed by atoms with Gasteiger partial charge in [-0.3, -0.25) is 0 Å². The minimum atomic E-state index is 0. The molecule has 2 unspecified atom stereocenters. The first kappa shape index (κ1) is 12.5. The standard InChI is InChI=1S/C13H17OS.BrH/c1-11-3-5-12(6-4-11)7-9-13-8-2-10-15(13)14-13;/h3-6H,2,7-10H2,1H3;1H/q+1;/p-1. The number of hydrogen-bond donors (Lipinski definition) is 0. The third-order valence-corrected chi connectivity index (χ3v) is 5.79. The van der Waals surface area contributed by atoms with Crippen LogP contribution >= 0.6 is 0 Å². The van der Waals surface area contributed by atoms with Crippen molar-refractivity contribution in [2.24, 2.45) is 0 Å². The van der Waals surface area contributed by atoms with Gasteiger partial charge in [0, 0.05) is 19.3 Å². The van der Waals surface area contributed by atoms with Crippen LogP contribution in [0, 0.1) is 6.92 Å². The number of aryl methyl sites for hydroxylation is 2. The van der Waals surface area contributed by atoms with E-state index in [2.05, 4.69) is 31.2 Å². The highest BCUT2D eigenvalue weighted by atomic mass is 79.9. The van der Waals surface area contributed by atoms with Gasteiger partial charge >= 0.3 is 4.93 Å². The molecule has 2 saturated heterocycles. The topological polar surface area (TPSA) is 12.5 Å². The van der Waals surface area contributed by atoms with Crippen LogP contribution in [0.4, 0.5) is 0 Å². The van der Waals surface area contributed by atoms with E-state index in [9.17, 15) is 0 Å². The lowest BCUT2D eigenvalue weighted by Crippen LogP contribution is -3.00. The summed E-state index contributed by atoms with van der Waals surface area (Å²) in [5.74, 6) is 1.33. The lowest BCUT2D eigenvalue weighted by atomic mass is 10.0. The van der Waals surface area contributed by atoms with Crippen molar-refractivity contribution < 1.29 is 21.2 Å². The van der Waals surface area contributed by atoms with E-state index in [0.29, 0.717) is 16.1 Å². The first-order valence-electron chi connectivity index (χ1n) is 5.75. The highest BCUT2D eigenvalue weighted by Gasteiger charge is 2.73. The molecule has 0 aliphatic carbocycles.